The lowest BCUT2D eigenvalue weighted by Crippen LogP contribution is -2.35. The zero-order chi connectivity index (χ0) is 13.1. The molecule has 0 aliphatic carbocycles. The van der Waals surface area contributed by atoms with E-state index in [9.17, 15) is 0 Å². The predicted molar refractivity (Wildman–Crippen MR) is 77.2 cm³/mol. The molecular weight excluding hydrogens is 224 g/mol. The molecule has 0 bridgehead atoms. The fraction of sp³-hybridized carbons (Fsp3) is 0.600. The van der Waals surface area contributed by atoms with Gasteiger partial charge in [0.25, 0.3) is 0 Å². The molecule has 1 aliphatic rings. The summed E-state index contributed by atoms with van der Waals surface area (Å²) in [7, 11) is 1.67. The van der Waals surface area contributed by atoms with Crippen LogP contribution in [0.1, 0.15) is 26.7 Å². The third kappa shape index (κ3) is 2.55. The molecule has 0 unspecified atom stereocenters. The van der Waals surface area contributed by atoms with Crippen molar-refractivity contribution < 1.29 is 4.74 Å². The van der Waals surface area contributed by atoms with Gasteiger partial charge in [-0.1, -0.05) is 19.9 Å². The van der Waals surface area contributed by atoms with Gasteiger partial charge >= 0.3 is 0 Å². The maximum atomic E-state index is 6.15. The van der Waals surface area contributed by atoms with Gasteiger partial charge in [-0.25, -0.2) is 0 Å². The summed E-state index contributed by atoms with van der Waals surface area (Å²) in [6.45, 7) is 6.83. The zero-order valence-electron chi connectivity index (χ0n) is 11.6. The van der Waals surface area contributed by atoms with E-state index >= 15 is 0 Å². The average Bonchev–Trinajstić information content (AvgIpc) is 2.39. The summed E-state index contributed by atoms with van der Waals surface area (Å²) in [4.78, 5) is 2.39. The number of rotatable bonds is 3. The summed E-state index contributed by atoms with van der Waals surface area (Å²) < 4.78 is 5.28. The van der Waals surface area contributed by atoms with Crippen LogP contribution in [0.2, 0.25) is 0 Å². The first-order chi connectivity index (χ1) is 8.63. The molecule has 0 spiro atoms. The molecule has 18 heavy (non-hydrogen) atoms. The van der Waals surface area contributed by atoms with Crippen LogP contribution in [0.5, 0.6) is 5.75 Å². The third-order valence-electron chi connectivity index (χ3n) is 4.09. The molecule has 0 atom stereocenters. The minimum atomic E-state index is 0.767. The first kappa shape index (κ1) is 13.1. The topological polar surface area (TPSA) is 38.5 Å². The van der Waals surface area contributed by atoms with Crippen LogP contribution in [0, 0.1) is 11.8 Å². The van der Waals surface area contributed by atoms with Crippen molar-refractivity contribution in [1.82, 2.24) is 0 Å². The van der Waals surface area contributed by atoms with Gasteiger partial charge in [-0.2, -0.15) is 0 Å². The molecule has 0 aromatic heterocycles. The molecule has 2 rings (SSSR count). The molecule has 1 saturated heterocycles. The standard InChI is InChI=1S/C15H24N2O/c1-11(2)12-7-9-17(10-8-12)13-5-4-6-14(18-3)15(13)16/h4-6,11-12H,7-10,16H2,1-3H3. The van der Waals surface area contributed by atoms with Gasteiger partial charge in [0.05, 0.1) is 18.5 Å². The highest BCUT2D eigenvalue weighted by molar-refractivity contribution is 5.74. The Labute approximate surface area is 110 Å². The highest BCUT2D eigenvalue weighted by atomic mass is 16.5. The number of anilines is 2. The second kappa shape index (κ2) is 5.51. The third-order valence-corrected chi connectivity index (χ3v) is 4.09. The molecule has 1 aliphatic heterocycles. The van der Waals surface area contributed by atoms with Gasteiger partial charge in [-0.15, -0.1) is 0 Å². The Balaban J connectivity index is 2.10. The van der Waals surface area contributed by atoms with Gasteiger partial charge < -0.3 is 15.4 Å². The van der Waals surface area contributed by atoms with Crippen LogP contribution in [0.25, 0.3) is 0 Å². The van der Waals surface area contributed by atoms with Gasteiger partial charge in [0.15, 0.2) is 0 Å². The Bertz CT molecular complexity index is 395. The molecule has 0 saturated carbocycles. The summed E-state index contributed by atoms with van der Waals surface area (Å²) in [6.07, 6.45) is 2.52. The molecule has 0 radical (unpaired) electrons. The van der Waals surface area contributed by atoms with Crippen molar-refractivity contribution in [1.29, 1.82) is 0 Å². The summed E-state index contributed by atoms with van der Waals surface area (Å²) in [5.74, 6) is 2.42. The second-order valence-corrected chi connectivity index (χ2v) is 5.46. The molecular formula is C15H24N2O. The number of nitrogen functional groups attached to an aromatic ring is 1. The van der Waals surface area contributed by atoms with Crippen molar-refractivity contribution >= 4 is 11.4 Å². The number of hydrogen-bond donors (Lipinski definition) is 1. The summed E-state index contributed by atoms with van der Waals surface area (Å²) in [5.41, 5.74) is 8.04. The monoisotopic (exact) mass is 248 g/mol. The molecule has 1 aromatic rings. The molecule has 1 fully saturated rings. The van der Waals surface area contributed by atoms with Crippen molar-refractivity contribution in [2.24, 2.45) is 11.8 Å². The number of methoxy groups -OCH3 is 1. The quantitative estimate of drug-likeness (QED) is 0.835. The lowest BCUT2D eigenvalue weighted by Gasteiger charge is -2.36. The number of hydrogen-bond acceptors (Lipinski definition) is 3. The van der Waals surface area contributed by atoms with Crippen molar-refractivity contribution in [2.75, 3.05) is 30.8 Å². The minimum Gasteiger partial charge on any atom is -0.495 e. The van der Waals surface area contributed by atoms with Gasteiger partial charge in [-0.3, -0.25) is 0 Å². The van der Waals surface area contributed by atoms with E-state index in [2.05, 4.69) is 24.8 Å². The van der Waals surface area contributed by atoms with E-state index in [1.165, 1.54) is 12.8 Å². The summed E-state index contributed by atoms with van der Waals surface area (Å²) >= 11 is 0. The highest BCUT2D eigenvalue weighted by Gasteiger charge is 2.23. The highest BCUT2D eigenvalue weighted by Crippen LogP contribution is 2.35. The van der Waals surface area contributed by atoms with Crippen LogP contribution < -0.4 is 15.4 Å². The molecule has 0 amide bonds. The van der Waals surface area contributed by atoms with Gasteiger partial charge in [0.1, 0.15) is 5.75 Å². The first-order valence-electron chi connectivity index (χ1n) is 6.81. The first-order valence-corrected chi connectivity index (χ1v) is 6.81. The van der Waals surface area contributed by atoms with E-state index in [0.29, 0.717) is 0 Å². The lowest BCUT2D eigenvalue weighted by molar-refractivity contribution is 0.311. The van der Waals surface area contributed by atoms with E-state index in [1.54, 1.807) is 7.11 Å². The van der Waals surface area contributed by atoms with Crippen LogP contribution >= 0.6 is 0 Å². The SMILES string of the molecule is COc1cccc(N2CCC(C(C)C)CC2)c1N. The molecule has 3 nitrogen and oxygen atoms in total. The van der Waals surface area contributed by atoms with E-state index in [1.807, 2.05) is 12.1 Å². The van der Waals surface area contributed by atoms with Crippen LogP contribution in [-0.2, 0) is 0 Å². The van der Waals surface area contributed by atoms with Gasteiger partial charge in [0, 0.05) is 13.1 Å². The van der Waals surface area contributed by atoms with E-state index in [4.69, 9.17) is 10.5 Å². The normalized spacial score (nSPS) is 17.2. The Morgan fingerprint density at radius 2 is 1.94 bits per heavy atom. The number of nitrogens with two attached hydrogens (primary N) is 1. The number of para-hydroxylation sites is 1. The lowest BCUT2D eigenvalue weighted by atomic mass is 9.86. The number of benzene rings is 1. The molecule has 3 heteroatoms. The maximum Gasteiger partial charge on any atom is 0.143 e. The van der Waals surface area contributed by atoms with E-state index in [0.717, 1.165) is 42.0 Å². The van der Waals surface area contributed by atoms with Crippen LogP contribution in [-0.4, -0.2) is 20.2 Å². The Morgan fingerprint density at radius 3 is 2.50 bits per heavy atom. The van der Waals surface area contributed by atoms with Crippen LogP contribution in [0.3, 0.4) is 0 Å². The van der Waals surface area contributed by atoms with Gasteiger partial charge in [0.2, 0.25) is 0 Å². The molecule has 1 aromatic carbocycles. The smallest absolute Gasteiger partial charge is 0.143 e. The molecule has 2 N–H and O–H groups in total. The maximum absolute atomic E-state index is 6.15. The minimum absolute atomic E-state index is 0.767. The Kier molecular flexibility index (Phi) is 4.00. The predicted octanol–water partition coefficient (Wildman–Crippen LogP) is 3.15. The Morgan fingerprint density at radius 1 is 1.28 bits per heavy atom. The van der Waals surface area contributed by atoms with E-state index in [-0.39, 0.29) is 0 Å². The van der Waals surface area contributed by atoms with Crippen molar-refractivity contribution in [3.63, 3.8) is 0 Å². The van der Waals surface area contributed by atoms with Crippen molar-refractivity contribution in [2.45, 2.75) is 26.7 Å². The fourth-order valence-corrected chi connectivity index (χ4v) is 2.79. The second-order valence-electron chi connectivity index (χ2n) is 5.46. The van der Waals surface area contributed by atoms with Crippen LogP contribution in [0.4, 0.5) is 11.4 Å². The van der Waals surface area contributed by atoms with Gasteiger partial charge in [-0.05, 0) is 36.8 Å². The van der Waals surface area contributed by atoms with Crippen LogP contribution in [0.15, 0.2) is 18.2 Å². The average molecular weight is 248 g/mol. The number of ether oxygens (including phenoxy) is 1. The summed E-state index contributed by atoms with van der Waals surface area (Å²) in [5, 5.41) is 0. The van der Waals surface area contributed by atoms with Crippen molar-refractivity contribution in [3.05, 3.63) is 18.2 Å². The molecule has 1 heterocycles. The van der Waals surface area contributed by atoms with E-state index < -0.39 is 0 Å². The van der Waals surface area contributed by atoms with Crippen molar-refractivity contribution in [3.8, 4) is 5.75 Å². The fourth-order valence-electron chi connectivity index (χ4n) is 2.79. The number of nitrogens with zero attached hydrogens (tertiary/aromatic N) is 1. The largest absolute Gasteiger partial charge is 0.495 e. The Hall–Kier alpha value is -1.38. The zero-order valence-corrected chi connectivity index (χ0v) is 11.6. The molecule has 100 valence electrons. The number of piperidine rings is 1. The summed E-state index contributed by atoms with van der Waals surface area (Å²) in [6, 6.07) is 6.02.